The summed E-state index contributed by atoms with van der Waals surface area (Å²) < 4.78 is 0. The van der Waals surface area contributed by atoms with Crippen molar-refractivity contribution in [2.45, 2.75) is 46.6 Å². The number of nitrogens with zero attached hydrogens (tertiary/aromatic N) is 3. The van der Waals surface area contributed by atoms with Crippen LogP contribution in [0, 0.1) is 19.8 Å². The van der Waals surface area contributed by atoms with Gasteiger partial charge in [-0.1, -0.05) is 0 Å². The van der Waals surface area contributed by atoms with E-state index in [9.17, 15) is 4.79 Å². The number of hydrogen-bond acceptors (Lipinski definition) is 5. The van der Waals surface area contributed by atoms with E-state index in [1.54, 1.807) is 11.3 Å². The Hall–Kier alpha value is -1.79. The van der Waals surface area contributed by atoms with E-state index >= 15 is 0 Å². The molecular weight excluding hydrogens is 332 g/mol. The summed E-state index contributed by atoms with van der Waals surface area (Å²) >= 11 is 1.57. The van der Waals surface area contributed by atoms with Gasteiger partial charge in [-0.3, -0.25) is 14.7 Å². The van der Waals surface area contributed by atoms with E-state index in [2.05, 4.69) is 46.2 Å². The lowest BCUT2D eigenvalue weighted by Gasteiger charge is -2.32. The van der Waals surface area contributed by atoms with Crippen molar-refractivity contribution in [3.05, 3.63) is 40.2 Å². The largest absolute Gasteiger partial charge is 0.302 e. The highest BCUT2D eigenvalue weighted by Gasteiger charge is 2.21. The molecule has 1 atom stereocenters. The van der Waals surface area contributed by atoms with Gasteiger partial charge in [0.25, 0.3) is 0 Å². The zero-order chi connectivity index (χ0) is 17.8. The molecule has 0 spiro atoms. The average Bonchev–Trinajstić information content (AvgIpc) is 2.92. The number of aryl methyl sites for hydroxylation is 2. The predicted octanol–water partition coefficient (Wildman–Crippen LogP) is 3.57. The van der Waals surface area contributed by atoms with Gasteiger partial charge in [-0.05, 0) is 63.3 Å². The van der Waals surface area contributed by atoms with E-state index in [0.29, 0.717) is 11.0 Å². The Balaban J connectivity index is 1.57. The summed E-state index contributed by atoms with van der Waals surface area (Å²) in [5, 5.41) is 3.45. The highest BCUT2D eigenvalue weighted by atomic mass is 32.1. The first-order valence-electron chi connectivity index (χ1n) is 8.87. The number of thiazole rings is 1. The van der Waals surface area contributed by atoms with E-state index in [4.69, 9.17) is 0 Å². The molecule has 2 aromatic rings. The summed E-state index contributed by atoms with van der Waals surface area (Å²) in [6, 6.07) is 4.43. The molecule has 5 nitrogen and oxygen atoms in total. The third kappa shape index (κ3) is 5.34. The van der Waals surface area contributed by atoms with Crippen LogP contribution in [-0.2, 0) is 17.8 Å². The summed E-state index contributed by atoms with van der Waals surface area (Å²) in [6.07, 6.45) is 5.54. The van der Waals surface area contributed by atoms with Gasteiger partial charge in [0.05, 0.1) is 0 Å². The van der Waals surface area contributed by atoms with Gasteiger partial charge in [-0.25, -0.2) is 4.98 Å². The van der Waals surface area contributed by atoms with E-state index in [0.717, 1.165) is 37.4 Å². The maximum Gasteiger partial charge on any atom is 0.223 e. The Labute approximate surface area is 153 Å². The quantitative estimate of drug-likeness (QED) is 0.888. The van der Waals surface area contributed by atoms with Crippen molar-refractivity contribution in [1.29, 1.82) is 0 Å². The van der Waals surface area contributed by atoms with E-state index in [-0.39, 0.29) is 5.91 Å². The summed E-state index contributed by atoms with van der Waals surface area (Å²) in [7, 11) is 0. The molecule has 0 aliphatic carbocycles. The molecule has 1 fully saturated rings. The Morgan fingerprint density at radius 3 is 2.84 bits per heavy atom. The van der Waals surface area contributed by atoms with Crippen LogP contribution in [-0.4, -0.2) is 33.9 Å². The minimum Gasteiger partial charge on any atom is -0.302 e. The van der Waals surface area contributed by atoms with Crippen LogP contribution in [0.1, 0.15) is 41.6 Å². The molecule has 1 saturated heterocycles. The second kappa shape index (κ2) is 8.06. The molecule has 3 rings (SSSR count). The standard InChI is InChI=1S/C19H26N4OS/c1-13-7-17(8-14(2)21-13)9-16-5-4-6-23(11-16)12-18-10-20-19(25-18)22-15(3)24/h7-8,10,16H,4-6,9,11-12H2,1-3H3,(H,20,22,24)/t16-/m0/s1. The molecule has 3 heterocycles. The van der Waals surface area contributed by atoms with Crippen molar-refractivity contribution in [2.75, 3.05) is 18.4 Å². The molecule has 0 radical (unpaired) electrons. The van der Waals surface area contributed by atoms with Crippen LogP contribution in [0.15, 0.2) is 18.3 Å². The van der Waals surface area contributed by atoms with Crippen molar-refractivity contribution < 1.29 is 4.79 Å². The van der Waals surface area contributed by atoms with Crippen LogP contribution in [0.2, 0.25) is 0 Å². The molecule has 1 amide bonds. The highest BCUT2D eigenvalue weighted by molar-refractivity contribution is 7.15. The number of anilines is 1. The highest BCUT2D eigenvalue weighted by Crippen LogP contribution is 2.25. The number of rotatable bonds is 5. The number of nitrogens with one attached hydrogen (secondary N) is 1. The van der Waals surface area contributed by atoms with Crippen molar-refractivity contribution in [1.82, 2.24) is 14.9 Å². The van der Waals surface area contributed by atoms with Crippen molar-refractivity contribution >= 4 is 22.4 Å². The van der Waals surface area contributed by atoms with Crippen LogP contribution in [0.5, 0.6) is 0 Å². The monoisotopic (exact) mass is 358 g/mol. The van der Waals surface area contributed by atoms with E-state index < -0.39 is 0 Å². The molecule has 2 aromatic heterocycles. The van der Waals surface area contributed by atoms with Gasteiger partial charge >= 0.3 is 0 Å². The normalized spacial score (nSPS) is 18.3. The van der Waals surface area contributed by atoms with Gasteiger partial charge in [-0.2, -0.15) is 0 Å². The van der Waals surface area contributed by atoms with Crippen molar-refractivity contribution in [3.63, 3.8) is 0 Å². The summed E-state index contributed by atoms with van der Waals surface area (Å²) in [6.45, 7) is 8.83. The fourth-order valence-corrected chi connectivity index (χ4v) is 4.54. The summed E-state index contributed by atoms with van der Waals surface area (Å²) in [4.78, 5) is 23.6. The Morgan fingerprint density at radius 2 is 2.12 bits per heavy atom. The van der Waals surface area contributed by atoms with Crippen molar-refractivity contribution in [2.24, 2.45) is 5.92 Å². The minimum absolute atomic E-state index is 0.0677. The summed E-state index contributed by atoms with van der Waals surface area (Å²) in [5.41, 5.74) is 3.62. The number of aromatic nitrogens is 2. The minimum atomic E-state index is -0.0677. The van der Waals surface area contributed by atoms with Gasteiger partial charge in [0.2, 0.25) is 5.91 Å². The molecular formula is C19H26N4OS. The second-order valence-corrected chi connectivity index (χ2v) is 8.13. The molecule has 134 valence electrons. The van der Waals surface area contributed by atoms with Crippen LogP contribution >= 0.6 is 11.3 Å². The molecule has 6 heteroatoms. The number of carbonyl (C=O) groups excluding carboxylic acids is 1. The van der Waals surface area contributed by atoms with Crippen LogP contribution in [0.25, 0.3) is 0 Å². The molecule has 1 N–H and O–H groups in total. The SMILES string of the molecule is CC(=O)Nc1ncc(CN2CCC[C@@H](Cc3cc(C)nc(C)c3)C2)s1. The third-order valence-corrected chi connectivity index (χ3v) is 5.38. The summed E-state index contributed by atoms with van der Waals surface area (Å²) in [5.74, 6) is 0.625. The van der Waals surface area contributed by atoms with Crippen LogP contribution < -0.4 is 5.32 Å². The molecule has 25 heavy (non-hydrogen) atoms. The van der Waals surface area contributed by atoms with Gasteiger partial charge < -0.3 is 5.32 Å². The molecule has 1 aliphatic rings. The van der Waals surface area contributed by atoms with Gasteiger partial charge in [0, 0.05) is 42.5 Å². The van der Waals surface area contributed by atoms with E-state index in [1.807, 2.05) is 6.20 Å². The van der Waals surface area contributed by atoms with Gasteiger partial charge in [0.1, 0.15) is 0 Å². The fraction of sp³-hybridized carbons (Fsp3) is 0.526. The molecule has 0 saturated carbocycles. The van der Waals surface area contributed by atoms with Crippen molar-refractivity contribution in [3.8, 4) is 0 Å². The van der Waals surface area contributed by atoms with Gasteiger partial charge in [-0.15, -0.1) is 11.3 Å². The second-order valence-electron chi connectivity index (χ2n) is 7.02. The lowest BCUT2D eigenvalue weighted by atomic mass is 9.91. The number of piperidine rings is 1. The Morgan fingerprint density at radius 1 is 1.36 bits per heavy atom. The number of carbonyl (C=O) groups is 1. The number of likely N-dealkylation sites (tertiary alicyclic amines) is 1. The molecule has 1 aliphatic heterocycles. The first-order valence-corrected chi connectivity index (χ1v) is 9.68. The number of pyridine rings is 1. The topological polar surface area (TPSA) is 58.1 Å². The smallest absolute Gasteiger partial charge is 0.223 e. The number of amides is 1. The molecule has 0 unspecified atom stereocenters. The van der Waals surface area contributed by atoms with Gasteiger partial charge in [0.15, 0.2) is 5.13 Å². The maximum atomic E-state index is 11.1. The third-order valence-electron chi connectivity index (χ3n) is 4.48. The molecule has 0 bridgehead atoms. The zero-order valence-electron chi connectivity index (χ0n) is 15.2. The molecule has 0 aromatic carbocycles. The lowest BCUT2D eigenvalue weighted by Crippen LogP contribution is -2.35. The average molecular weight is 359 g/mol. The fourth-order valence-electron chi connectivity index (χ4n) is 3.64. The number of hydrogen-bond donors (Lipinski definition) is 1. The Kier molecular flexibility index (Phi) is 5.81. The van der Waals surface area contributed by atoms with Crippen LogP contribution in [0.3, 0.4) is 0 Å². The first-order chi connectivity index (χ1) is 12.0. The first kappa shape index (κ1) is 18.0. The van der Waals surface area contributed by atoms with Crippen LogP contribution in [0.4, 0.5) is 5.13 Å². The maximum absolute atomic E-state index is 11.1. The Bertz CT molecular complexity index is 723. The van der Waals surface area contributed by atoms with E-state index in [1.165, 1.54) is 30.2 Å². The zero-order valence-corrected chi connectivity index (χ0v) is 16.0. The predicted molar refractivity (Wildman–Crippen MR) is 102 cm³/mol. The lowest BCUT2D eigenvalue weighted by molar-refractivity contribution is -0.114.